The molecule has 2 saturated heterocycles. The van der Waals surface area contributed by atoms with Crippen LogP contribution in [0.3, 0.4) is 0 Å². The van der Waals surface area contributed by atoms with E-state index in [1.54, 1.807) is 0 Å². The number of nitrogens with one attached hydrogen (secondary N) is 1. The monoisotopic (exact) mass is 592 g/mol. The van der Waals surface area contributed by atoms with Crippen LogP contribution in [-0.2, 0) is 6.18 Å². The van der Waals surface area contributed by atoms with Crippen molar-refractivity contribution in [2.75, 3.05) is 36.9 Å². The Morgan fingerprint density at radius 1 is 1.10 bits per heavy atom. The van der Waals surface area contributed by atoms with Crippen LogP contribution in [0.25, 0.3) is 32.2 Å². The fourth-order valence-corrected chi connectivity index (χ4v) is 6.65. The topological polar surface area (TPSA) is 109 Å². The van der Waals surface area contributed by atoms with Crippen molar-refractivity contribution in [2.45, 2.75) is 43.9 Å². The minimum Gasteiger partial charge on any atom is -0.463 e. The van der Waals surface area contributed by atoms with Gasteiger partial charge in [-0.15, -0.1) is 0 Å². The second-order valence-corrected chi connectivity index (χ2v) is 12.2. The Morgan fingerprint density at radius 2 is 1.83 bits per heavy atom. The number of hydrogen-bond acceptors (Lipinski definition) is 9. The molecule has 216 valence electrons. The number of anilines is 2. The summed E-state index contributed by atoms with van der Waals surface area (Å²) in [6, 6.07) is 2.96. The van der Waals surface area contributed by atoms with Gasteiger partial charge in [0.25, 0.3) is 0 Å². The van der Waals surface area contributed by atoms with Gasteiger partial charge in [0.15, 0.2) is 10.9 Å². The van der Waals surface area contributed by atoms with Crippen molar-refractivity contribution in [1.82, 2.24) is 20.3 Å². The normalized spacial score (nSPS) is 21.7. The molecule has 2 bridgehead atoms. The molecule has 3 fully saturated rings. The van der Waals surface area contributed by atoms with Crippen molar-refractivity contribution in [3.8, 4) is 17.1 Å². The highest BCUT2D eigenvalue weighted by Crippen LogP contribution is 2.47. The molecule has 4 heterocycles. The summed E-state index contributed by atoms with van der Waals surface area (Å²) in [6.07, 6.45) is -1.65. The number of benzene rings is 2. The maximum absolute atomic E-state index is 16.6. The van der Waals surface area contributed by atoms with Crippen molar-refractivity contribution in [3.63, 3.8) is 0 Å². The van der Waals surface area contributed by atoms with E-state index in [4.69, 9.17) is 10.5 Å². The van der Waals surface area contributed by atoms with Crippen molar-refractivity contribution >= 4 is 43.4 Å². The van der Waals surface area contributed by atoms with Crippen LogP contribution in [-0.4, -0.2) is 58.4 Å². The van der Waals surface area contributed by atoms with Gasteiger partial charge in [-0.3, -0.25) is 0 Å². The smallest absolute Gasteiger partial charge is 0.417 e. The quantitative estimate of drug-likeness (QED) is 0.272. The van der Waals surface area contributed by atoms with Crippen molar-refractivity contribution in [1.29, 1.82) is 0 Å². The number of hydrogen-bond donors (Lipinski definition) is 3. The van der Waals surface area contributed by atoms with Gasteiger partial charge in [0.1, 0.15) is 17.2 Å². The number of rotatable bonds is 6. The molecular formula is C27H25F5N6O2S. The number of aliphatic hydroxyl groups is 1. The molecule has 2 aliphatic heterocycles. The van der Waals surface area contributed by atoms with E-state index in [0.29, 0.717) is 13.1 Å². The summed E-state index contributed by atoms with van der Waals surface area (Å²) in [6.45, 7) is 0.945. The lowest BCUT2D eigenvalue weighted by Crippen LogP contribution is -2.51. The highest BCUT2D eigenvalue weighted by molar-refractivity contribution is 7.22. The Bertz CT molecular complexity index is 1680. The first-order valence-electron chi connectivity index (χ1n) is 13.3. The number of aliphatic hydroxyl groups excluding tert-OH is 1. The van der Waals surface area contributed by atoms with Gasteiger partial charge in [-0.05, 0) is 43.9 Å². The molecule has 1 saturated carbocycles. The largest absolute Gasteiger partial charge is 0.463 e. The van der Waals surface area contributed by atoms with E-state index < -0.39 is 34.4 Å². The van der Waals surface area contributed by atoms with E-state index in [1.807, 2.05) is 4.90 Å². The molecule has 41 heavy (non-hydrogen) atoms. The molecule has 2 aromatic carbocycles. The summed E-state index contributed by atoms with van der Waals surface area (Å²) in [5.74, 6) is -1.82. The average Bonchev–Trinajstić information content (AvgIpc) is 3.50. The number of nitrogen functional groups attached to an aromatic ring is 1. The van der Waals surface area contributed by atoms with E-state index in [-0.39, 0.29) is 68.9 Å². The number of nitrogens with two attached hydrogens (primary N) is 1. The number of alkyl halides is 3. The molecule has 2 unspecified atom stereocenters. The molecular weight excluding hydrogens is 567 g/mol. The Balaban J connectivity index is 1.47. The molecule has 0 amide bonds. The number of thiazole rings is 1. The van der Waals surface area contributed by atoms with Crippen LogP contribution in [0.1, 0.15) is 31.2 Å². The standard InChI is InChI=1S/C27H25F5N6O2S/c28-17-4-3-14(21-22(17)41-24(33)35-21)18-16(27(30,31)32)7-15-20(19(18)29)36-25(40-11-26(10-39)5-6-26)37-23(15)38-8-12-1-2-13(9-38)34-12/h3-4,7,12-13,34,39H,1-2,5-6,8-11H2,(H2,33,35). The average molecular weight is 593 g/mol. The summed E-state index contributed by atoms with van der Waals surface area (Å²) >= 11 is 0.767. The van der Waals surface area contributed by atoms with E-state index in [9.17, 15) is 22.7 Å². The highest BCUT2D eigenvalue weighted by atomic mass is 32.1. The molecule has 4 N–H and O–H groups in total. The summed E-state index contributed by atoms with van der Waals surface area (Å²) in [7, 11) is 0. The molecule has 4 aromatic rings. The van der Waals surface area contributed by atoms with Crippen molar-refractivity contribution in [2.24, 2.45) is 5.41 Å². The summed E-state index contributed by atoms with van der Waals surface area (Å²) in [5, 5.41) is 13.0. The number of piperazine rings is 1. The Kier molecular flexibility index (Phi) is 6.04. The number of nitrogens with zero attached hydrogens (tertiary/aromatic N) is 4. The minimum absolute atomic E-state index is 0.0624. The first kappa shape index (κ1) is 26.5. The fourth-order valence-electron chi connectivity index (χ4n) is 5.89. The maximum Gasteiger partial charge on any atom is 0.417 e. The molecule has 14 heteroatoms. The molecule has 2 atom stereocenters. The van der Waals surface area contributed by atoms with Crippen LogP contribution in [0.4, 0.5) is 32.9 Å². The number of halogens is 5. The molecule has 7 rings (SSSR count). The lowest BCUT2D eigenvalue weighted by molar-refractivity contribution is -0.137. The third-order valence-corrected chi connectivity index (χ3v) is 9.19. The van der Waals surface area contributed by atoms with Crippen LogP contribution in [0.5, 0.6) is 6.01 Å². The minimum atomic E-state index is -4.97. The molecule has 3 aliphatic rings. The predicted octanol–water partition coefficient (Wildman–Crippen LogP) is 4.88. The lowest BCUT2D eigenvalue weighted by atomic mass is 9.95. The fraction of sp³-hybridized carbons (Fsp3) is 0.444. The van der Waals surface area contributed by atoms with E-state index in [0.717, 1.165) is 55.2 Å². The summed E-state index contributed by atoms with van der Waals surface area (Å²) < 4.78 is 80.7. The Labute approximate surface area is 234 Å². The Morgan fingerprint density at radius 3 is 2.49 bits per heavy atom. The number of fused-ring (bicyclic) bond motifs is 4. The summed E-state index contributed by atoms with van der Waals surface area (Å²) in [5.41, 5.74) is 2.50. The van der Waals surface area contributed by atoms with Gasteiger partial charge >= 0.3 is 12.2 Å². The molecule has 1 aliphatic carbocycles. The van der Waals surface area contributed by atoms with Gasteiger partial charge < -0.3 is 25.8 Å². The second kappa shape index (κ2) is 9.33. The van der Waals surface area contributed by atoms with Crippen LogP contribution in [0.15, 0.2) is 18.2 Å². The van der Waals surface area contributed by atoms with Gasteiger partial charge in [-0.2, -0.15) is 23.1 Å². The van der Waals surface area contributed by atoms with Crippen LogP contribution >= 0.6 is 11.3 Å². The predicted molar refractivity (Wildman–Crippen MR) is 144 cm³/mol. The SMILES string of the molecule is Nc1nc2c(-c3c(C(F)(F)F)cc4c(N5CC6CCC(C5)N6)nc(OCC5(CO)CC5)nc4c3F)ccc(F)c2s1. The van der Waals surface area contributed by atoms with Crippen LogP contribution in [0, 0.1) is 17.0 Å². The zero-order valence-corrected chi connectivity index (χ0v) is 22.4. The molecule has 2 aromatic heterocycles. The van der Waals surface area contributed by atoms with Crippen LogP contribution in [0.2, 0.25) is 0 Å². The van der Waals surface area contributed by atoms with E-state index in [2.05, 4.69) is 20.3 Å². The third kappa shape index (κ3) is 4.52. The van der Waals surface area contributed by atoms with E-state index in [1.165, 1.54) is 0 Å². The number of ether oxygens (including phenoxy) is 1. The lowest BCUT2D eigenvalue weighted by Gasteiger charge is -2.34. The first-order valence-corrected chi connectivity index (χ1v) is 14.1. The molecule has 0 radical (unpaired) electrons. The van der Waals surface area contributed by atoms with E-state index >= 15 is 4.39 Å². The molecule has 0 spiro atoms. The van der Waals surface area contributed by atoms with Crippen molar-refractivity contribution in [3.05, 3.63) is 35.4 Å². The summed E-state index contributed by atoms with van der Waals surface area (Å²) in [4.78, 5) is 14.6. The van der Waals surface area contributed by atoms with Gasteiger partial charge in [-0.1, -0.05) is 11.3 Å². The highest BCUT2D eigenvalue weighted by Gasteiger charge is 2.44. The number of aromatic nitrogens is 3. The van der Waals surface area contributed by atoms with Gasteiger partial charge in [0.2, 0.25) is 0 Å². The van der Waals surface area contributed by atoms with Crippen LogP contribution < -0.4 is 20.7 Å². The zero-order valence-electron chi connectivity index (χ0n) is 21.6. The Hall–Kier alpha value is -3.36. The first-order chi connectivity index (χ1) is 19.5. The van der Waals surface area contributed by atoms with Gasteiger partial charge in [-0.25, -0.2) is 13.8 Å². The van der Waals surface area contributed by atoms with Crippen molar-refractivity contribution < 1.29 is 31.8 Å². The third-order valence-electron chi connectivity index (χ3n) is 8.29. The second-order valence-electron chi connectivity index (χ2n) is 11.2. The molecule has 8 nitrogen and oxygen atoms in total. The van der Waals surface area contributed by atoms with Gasteiger partial charge in [0.05, 0.1) is 29.0 Å². The maximum atomic E-state index is 16.6. The zero-order chi connectivity index (χ0) is 28.7. The van der Waals surface area contributed by atoms with Gasteiger partial charge in [0, 0.05) is 47.1 Å².